The largest absolute Gasteiger partial charge is 0.403 e. The smallest absolute Gasteiger partial charge is 0.322 e. The number of fused-ring (bicyclic) bond motifs is 1. The van der Waals surface area contributed by atoms with Crippen molar-refractivity contribution in [3.8, 4) is 11.5 Å². The van der Waals surface area contributed by atoms with Crippen molar-refractivity contribution in [2.75, 3.05) is 5.32 Å². The van der Waals surface area contributed by atoms with Crippen LogP contribution in [0.5, 0.6) is 0 Å². The van der Waals surface area contributed by atoms with E-state index in [2.05, 4.69) is 15.5 Å². The van der Waals surface area contributed by atoms with Crippen LogP contribution >= 0.6 is 23.2 Å². The summed E-state index contributed by atoms with van der Waals surface area (Å²) in [5.41, 5.74) is 3.65. The zero-order chi connectivity index (χ0) is 18.1. The maximum atomic E-state index is 12.5. The summed E-state index contributed by atoms with van der Waals surface area (Å²) < 4.78 is 5.51. The third kappa shape index (κ3) is 3.45. The third-order valence-electron chi connectivity index (χ3n) is 4.41. The van der Waals surface area contributed by atoms with Gasteiger partial charge in [0, 0.05) is 10.6 Å². The maximum Gasteiger partial charge on any atom is 0.322 e. The summed E-state index contributed by atoms with van der Waals surface area (Å²) in [5, 5.41) is 11.4. The van der Waals surface area contributed by atoms with E-state index in [9.17, 15) is 4.79 Å². The van der Waals surface area contributed by atoms with E-state index in [-0.39, 0.29) is 17.8 Å². The van der Waals surface area contributed by atoms with Crippen molar-refractivity contribution < 1.29 is 9.21 Å². The Kier molecular flexibility index (Phi) is 4.66. The second-order valence-corrected chi connectivity index (χ2v) is 7.02. The van der Waals surface area contributed by atoms with Crippen molar-refractivity contribution in [2.45, 2.75) is 25.7 Å². The van der Waals surface area contributed by atoms with E-state index >= 15 is 0 Å². The number of anilines is 1. The number of aryl methyl sites for hydroxylation is 2. The number of nitrogens with one attached hydrogen (secondary N) is 1. The standard InChI is InChI=1S/C19H15Cl2N3O2/c20-14-7-8-16(21)15(10-14)18-23-24-19(26-18)22-17(25)13-6-5-11-3-1-2-4-12(11)9-13/h5-10H,1-4H2,(H,22,24,25). The molecule has 1 amide bonds. The predicted octanol–water partition coefficient (Wildman–Crippen LogP) is 5.17. The second-order valence-electron chi connectivity index (χ2n) is 6.18. The van der Waals surface area contributed by atoms with Crippen molar-refractivity contribution in [1.29, 1.82) is 0 Å². The van der Waals surface area contributed by atoms with Crippen LogP contribution in [0, 0.1) is 0 Å². The zero-order valence-electron chi connectivity index (χ0n) is 13.8. The number of halogens is 2. The Bertz CT molecular complexity index is 985. The van der Waals surface area contributed by atoms with Crippen molar-refractivity contribution >= 4 is 35.1 Å². The van der Waals surface area contributed by atoms with Gasteiger partial charge < -0.3 is 4.42 Å². The quantitative estimate of drug-likeness (QED) is 0.672. The highest BCUT2D eigenvalue weighted by Crippen LogP contribution is 2.30. The van der Waals surface area contributed by atoms with Crippen molar-refractivity contribution in [2.24, 2.45) is 0 Å². The minimum absolute atomic E-state index is 0.0127. The number of aromatic nitrogens is 2. The lowest BCUT2D eigenvalue weighted by atomic mass is 9.90. The molecule has 1 heterocycles. The maximum absolute atomic E-state index is 12.5. The summed E-state index contributed by atoms with van der Waals surface area (Å²) in [6, 6.07) is 10.7. The molecule has 3 aromatic rings. The lowest BCUT2D eigenvalue weighted by molar-refractivity contribution is 0.102. The van der Waals surface area contributed by atoms with Crippen LogP contribution in [0.15, 0.2) is 40.8 Å². The van der Waals surface area contributed by atoms with Gasteiger partial charge in [-0.05, 0) is 67.1 Å². The van der Waals surface area contributed by atoms with Crippen LogP contribution in [0.1, 0.15) is 34.3 Å². The first kappa shape index (κ1) is 17.1. The van der Waals surface area contributed by atoms with Gasteiger partial charge in [0.2, 0.25) is 0 Å². The summed E-state index contributed by atoms with van der Waals surface area (Å²) in [6.45, 7) is 0. The Morgan fingerprint density at radius 1 is 1.00 bits per heavy atom. The summed E-state index contributed by atoms with van der Waals surface area (Å²) in [6.07, 6.45) is 4.44. The van der Waals surface area contributed by atoms with E-state index in [1.807, 2.05) is 18.2 Å². The molecule has 26 heavy (non-hydrogen) atoms. The predicted molar refractivity (Wildman–Crippen MR) is 101 cm³/mol. The number of hydrogen-bond donors (Lipinski definition) is 1. The van der Waals surface area contributed by atoms with Crippen LogP contribution < -0.4 is 5.32 Å². The van der Waals surface area contributed by atoms with Crippen LogP contribution in [0.2, 0.25) is 10.0 Å². The lowest BCUT2D eigenvalue weighted by Crippen LogP contribution is -2.13. The molecule has 0 saturated heterocycles. The van der Waals surface area contributed by atoms with Crippen molar-refractivity contribution in [1.82, 2.24) is 10.2 Å². The lowest BCUT2D eigenvalue weighted by Gasteiger charge is -2.16. The van der Waals surface area contributed by atoms with Gasteiger partial charge in [0.25, 0.3) is 11.8 Å². The first-order valence-corrected chi connectivity index (χ1v) is 9.08. The third-order valence-corrected chi connectivity index (χ3v) is 4.98. The number of carbonyl (C=O) groups is 1. The molecular formula is C19H15Cl2N3O2. The molecular weight excluding hydrogens is 373 g/mol. The average molecular weight is 388 g/mol. The molecule has 0 bridgehead atoms. The highest BCUT2D eigenvalue weighted by Gasteiger charge is 2.17. The van der Waals surface area contributed by atoms with E-state index in [0.717, 1.165) is 19.3 Å². The number of rotatable bonds is 3. The van der Waals surface area contributed by atoms with Gasteiger partial charge >= 0.3 is 6.01 Å². The first-order valence-electron chi connectivity index (χ1n) is 8.32. The summed E-state index contributed by atoms with van der Waals surface area (Å²) in [5.74, 6) is -0.0935. The molecule has 1 N–H and O–H groups in total. The van der Waals surface area contributed by atoms with E-state index in [1.54, 1.807) is 18.2 Å². The van der Waals surface area contributed by atoms with Gasteiger partial charge in [0.15, 0.2) is 0 Å². The molecule has 1 aromatic heterocycles. The second kappa shape index (κ2) is 7.09. The molecule has 132 valence electrons. The molecule has 4 rings (SSSR count). The molecule has 0 unspecified atom stereocenters. The van der Waals surface area contributed by atoms with Gasteiger partial charge in [-0.25, -0.2) is 0 Å². The molecule has 0 saturated carbocycles. The van der Waals surface area contributed by atoms with Crippen LogP contribution in [0.25, 0.3) is 11.5 Å². The number of amides is 1. The molecule has 0 spiro atoms. The van der Waals surface area contributed by atoms with E-state index < -0.39 is 0 Å². The molecule has 1 aliphatic rings. The van der Waals surface area contributed by atoms with Gasteiger partial charge in [-0.2, -0.15) is 0 Å². The van der Waals surface area contributed by atoms with Crippen molar-refractivity contribution in [3.63, 3.8) is 0 Å². The molecule has 0 atom stereocenters. The van der Waals surface area contributed by atoms with Gasteiger partial charge in [-0.1, -0.05) is 34.4 Å². The van der Waals surface area contributed by atoms with Gasteiger partial charge in [-0.3, -0.25) is 10.1 Å². The van der Waals surface area contributed by atoms with E-state index in [4.69, 9.17) is 27.6 Å². The first-order chi connectivity index (χ1) is 12.6. The molecule has 2 aromatic carbocycles. The summed E-state index contributed by atoms with van der Waals surface area (Å²) in [7, 11) is 0. The van der Waals surface area contributed by atoms with Crippen LogP contribution in [-0.4, -0.2) is 16.1 Å². The average Bonchev–Trinajstić information content (AvgIpc) is 3.11. The fourth-order valence-corrected chi connectivity index (χ4v) is 3.46. The summed E-state index contributed by atoms with van der Waals surface area (Å²) >= 11 is 12.1. The summed E-state index contributed by atoms with van der Waals surface area (Å²) in [4.78, 5) is 12.5. The highest BCUT2D eigenvalue weighted by molar-refractivity contribution is 6.35. The van der Waals surface area contributed by atoms with Gasteiger partial charge in [0.1, 0.15) is 0 Å². The number of nitrogens with zero attached hydrogens (tertiary/aromatic N) is 2. The fourth-order valence-electron chi connectivity index (χ4n) is 3.09. The Morgan fingerprint density at radius 3 is 2.65 bits per heavy atom. The minimum Gasteiger partial charge on any atom is -0.403 e. The molecule has 0 aliphatic heterocycles. The number of benzene rings is 2. The van der Waals surface area contributed by atoms with E-state index in [0.29, 0.717) is 21.2 Å². The van der Waals surface area contributed by atoms with Crippen LogP contribution in [0.3, 0.4) is 0 Å². The zero-order valence-corrected chi connectivity index (χ0v) is 15.3. The van der Waals surface area contributed by atoms with Crippen LogP contribution in [-0.2, 0) is 12.8 Å². The van der Waals surface area contributed by atoms with E-state index in [1.165, 1.54) is 17.5 Å². The highest BCUT2D eigenvalue weighted by atomic mass is 35.5. The fraction of sp³-hybridized carbons (Fsp3) is 0.211. The molecule has 5 nitrogen and oxygen atoms in total. The number of hydrogen-bond acceptors (Lipinski definition) is 4. The molecule has 0 fully saturated rings. The molecule has 0 radical (unpaired) electrons. The van der Waals surface area contributed by atoms with Crippen LogP contribution in [0.4, 0.5) is 6.01 Å². The monoisotopic (exact) mass is 387 g/mol. The number of carbonyl (C=O) groups excluding carboxylic acids is 1. The van der Waals surface area contributed by atoms with Crippen molar-refractivity contribution in [3.05, 3.63) is 63.1 Å². The Labute approximate surface area is 160 Å². The molecule has 7 heteroatoms. The Morgan fingerprint density at radius 2 is 1.81 bits per heavy atom. The van der Waals surface area contributed by atoms with Gasteiger partial charge in [0.05, 0.1) is 10.6 Å². The Balaban J connectivity index is 1.54. The minimum atomic E-state index is -0.286. The normalized spacial score (nSPS) is 13.3. The van der Waals surface area contributed by atoms with Gasteiger partial charge in [-0.15, -0.1) is 5.10 Å². The molecule has 1 aliphatic carbocycles. The topological polar surface area (TPSA) is 68.0 Å². The Hall–Kier alpha value is -2.37. The SMILES string of the molecule is O=C(Nc1nnc(-c2cc(Cl)ccc2Cl)o1)c1ccc2c(c1)CCCC2.